The summed E-state index contributed by atoms with van der Waals surface area (Å²) >= 11 is 0. The monoisotopic (exact) mass is 524 g/mol. The Kier molecular flexibility index (Phi) is 7.74. The molecule has 38 heavy (non-hydrogen) atoms. The molecule has 1 unspecified atom stereocenters. The van der Waals surface area contributed by atoms with Crippen LogP contribution in [0.2, 0.25) is 0 Å². The molecule has 184 valence electrons. The number of hydrogen-bond acceptors (Lipinski definition) is 0. The standard InChI is InChI=1S/C36H30P2/c1-6-17-29(18-7-1)36(38(32-23-12-4-13-24-32)33-25-14-5-15-26-33)34-27-16-28-35(34)37(30-19-8-2-9-20-30)31-21-10-3-11-22-31/h1-28,34,36H/t34?,36-/m1/s1. The summed E-state index contributed by atoms with van der Waals surface area (Å²) < 4.78 is 0. The Balaban J connectivity index is 1.53. The molecule has 1 aliphatic carbocycles. The van der Waals surface area contributed by atoms with Gasteiger partial charge in [0.2, 0.25) is 0 Å². The van der Waals surface area contributed by atoms with Crippen molar-refractivity contribution in [3.05, 3.63) is 181 Å². The van der Waals surface area contributed by atoms with Crippen molar-refractivity contribution < 1.29 is 0 Å². The predicted octanol–water partition coefficient (Wildman–Crippen LogP) is 8.06. The predicted molar refractivity (Wildman–Crippen MR) is 168 cm³/mol. The van der Waals surface area contributed by atoms with Crippen molar-refractivity contribution in [1.82, 2.24) is 0 Å². The molecule has 0 heterocycles. The van der Waals surface area contributed by atoms with Crippen LogP contribution in [-0.2, 0) is 0 Å². The summed E-state index contributed by atoms with van der Waals surface area (Å²) in [5.41, 5.74) is 1.73. The quantitative estimate of drug-likeness (QED) is 0.180. The summed E-state index contributed by atoms with van der Waals surface area (Å²) in [7, 11) is -1.34. The molecule has 0 nitrogen and oxygen atoms in total. The van der Waals surface area contributed by atoms with E-state index in [2.05, 4.69) is 170 Å². The van der Waals surface area contributed by atoms with Gasteiger partial charge in [0.1, 0.15) is 0 Å². The first-order valence-corrected chi connectivity index (χ1v) is 15.9. The first kappa shape index (κ1) is 24.8. The molecule has 2 heteroatoms. The van der Waals surface area contributed by atoms with Crippen molar-refractivity contribution in [2.45, 2.75) is 5.66 Å². The molecule has 6 rings (SSSR count). The SMILES string of the molecule is C1=CC([C@@H](c2ccccc2)P(c2ccccc2)c2ccccc2)C(P(c2ccccc2)c2ccccc2)=C1. The van der Waals surface area contributed by atoms with Gasteiger partial charge in [-0.05, 0) is 47.9 Å². The molecule has 0 N–H and O–H groups in total. The second kappa shape index (κ2) is 11.9. The molecule has 5 aromatic rings. The van der Waals surface area contributed by atoms with E-state index in [1.54, 1.807) is 0 Å². The maximum absolute atomic E-state index is 2.47. The number of allylic oxidation sites excluding steroid dienone is 4. The van der Waals surface area contributed by atoms with Crippen molar-refractivity contribution in [1.29, 1.82) is 0 Å². The van der Waals surface area contributed by atoms with Crippen molar-refractivity contribution in [2.24, 2.45) is 5.92 Å². The lowest BCUT2D eigenvalue weighted by Crippen LogP contribution is -2.24. The Morgan fingerprint density at radius 1 is 0.447 bits per heavy atom. The van der Waals surface area contributed by atoms with Crippen molar-refractivity contribution in [3.8, 4) is 0 Å². The van der Waals surface area contributed by atoms with Crippen LogP contribution in [0.4, 0.5) is 0 Å². The molecule has 0 aliphatic heterocycles. The second-order valence-electron chi connectivity index (χ2n) is 9.41. The third-order valence-corrected chi connectivity index (χ3v) is 12.5. The fraction of sp³-hybridized carbons (Fsp3) is 0.0556. The van der Waals surface area contributed by atoms with Gasteiger partial charge in [-0.25, -0.2) is 0 Å². The van der Waals surface area contributed by atoms with Crippen LogP contribution in [-0.4, -0.2) is 0 Å². The summed E-state index contributed by atoms with van der Waals surface area (Å²) in [5, 5.41) is 7.19. The molecule has 0 spiro atoms. The van der Waals surface area contributed by atoms with Crippen LogP contribution in [0, 0.1) is 5.92 Å². The number of rotatable bonds is 8. The van der Waals surface area contributed by atoms with Crippen LogP contribution in [0.3, 0.4) is 0 Å². The maximum Gasteiger partial charge on any atom is 0.0226 e. The fourth-order valence-electron chi connectivity index (χ4n) is 5.39. The van der Waals surface area contributed by atoms with Gasteiger partial charge in [-0.15, -0.1) is 0 Å². The van der Waals surface area contributed by atoms with Crippen LogP contribution >= 0.6 is 15.8 Å². The molecule has 0 aromatic heterocycles. The normalized spacial score (nSPS) is 15.5. The third kappa shape index (κ3) is 5.21. The lowest BCUT2D eigenvalue weighted by atomic mass is 10.00. The van der Waals surface area contributed by atoms with Crippen molar-refractivity contribution in [3.63, 3.8) is 0 Å². The molecule has 1 aliphatic rings. The highest BCUT2D eigenvalue weighted by atomic mass is 31.1. The zero-order valence-electron chi connectivity index (χ0n) is 21.2. The molecule has 0 fully saturated rings. The minimum Gasteiger partial charge on any atom is -0.0759 e. The highest BCUT2D eigenvalue weighted by Gasteiger charge is 2.37. The van der Waals surface area contributed by atoms with E-state index in [1.807, 2.05) is 0 Å². The summed E-state index contributed by atoms with van der Waals surface area (Å²) in [6, 6.07) is 55.8. The van der Waals surface area contributed by atoms with Gasteiger partial charge in [0, 0.05) is 11.6 Å². The van der Waals surface area contributed by atoms with E-state index in [0.717, 1.165) is 0 Å². The summed E-state index contributed by atoms with van der Waals surface area (Å²) in [5.74, 6) is 0.301. The minimum absolute atomic E-state index is 0.301. The zero-order chi connectivity index (χ0) is 25.6. The smallest absolute Gasteiger partial charge is 0.0226 e. The Bertz CT molecular complexity index is 1420. The topological polar surface area (TPSA) is 0 Å². The molecule has 2 atom stereocenters. The third-order valence-electron chi connectivity index (χ3n) is 7.04. The van der Waals surface area contributed by atoms with Gasteiger partial charge in [-0.3, -0.25) is 0 Å². The maximum atomic E-state index is 2.47. The lowest BCUT2D eigenvalue weighted by molar-refractivity contribution is 0.774. The molecule has 0 saturated heterocycles. The van der Waals surface area contributed by atoms with Crippen molar-refractivity contribution >= 4 is 37.1 Å². The second-order valence-corrected chi connectivity index (χ2v) is 14.0. The molecular weight excluding hydrogens is 494 g/mol. The highest BCUT2D eigenvalue weighted by Crippen LogP contribution is 2.61. The average Bonchev–Trinajstić information content (AvgIpc) is 3.47. The molecule has 0 amide bonds. The molecular formula is C36H30P2. The van der Waals surface area contributed by atoms with E-state index in [1.165, 1.54) is 32.1 Å². The van der Waals surface area contributed by atoms with Gasteiger partial charge in [0.05, 0.1) is 0 Å². The van der Waals surface area contributed by atoms with E-state index in [9.17, 15) is 0 Å². The Labute approximate surface area is 228 Å². The van der Waals surface area contributed by atoms with Crippen LogP contribution in [0.15, 0.2) is 175 Å². The van der Waals surface area contributed by atoms with E-state index < -0.39 is 15.8 Å². The summed E-state index contributed by atoms with van der Waals surface area (Å²) in [4.78, 5) is 0. The molecule has 5 aromatic carbocycles. The van der Waals surface area contributed by atoms with E-state index in [4.69, 9.17) is 0 Å². The van der Waals surface area contributed by atoms with Gasteiger partial charge in [0.15, 0.2) is 0 Å². The van der Waals surface area contributed by atoms with Gasteiger partial charge in [-0.1, -0.05) is 170 Å². The Hall–Kier alpha value is -3.56. The fourth-order valence-corrected chi connectivity index (χ4v) is 11.1. The first-order chi connectivity index (χ1) is 18.9. The highest BCUT2D eigenvalue weighted by molar-refractivity contribution is 7.77. The lowest BCUT2D eigenvalue weighted by Gasteiger charge is -2.36. The van der Waals surface area contributed by atoms with Gasteiger partial charge in [0.25, 0.3) is 0 Å². The Morgan fingerprint density at radius 3 is 1.29 bits per heavy atom. The van der Waals surface area contributed by atoms with Gasteiger partial charge < -0.3 is 0 Å². The summed E-state index contributed by atoms with van der Waals surface area (Å²) in [6.07, 6.45) is 7.19. The average molecular weight is 525 g/mol. The molecule has 0 saturated carbocycles. The van der Waals surface area contributed by atoms with Crippen molar-refractivity contribution in [2.75, 3.05) is 0 Å². The molecule has 0 radical (unpaired) electrons. The summed E-state index contributed by atoms with van der Waals surface area (Å²) in [6.45, 7) is 0. The van der Waals surface area contributed by atoms with Crippen LogP contribution in [0.25, 0.3) is 0 Å². The van der Waals surface area contributed by atoms with Crippen LogP contribution in [0.5, 0.6) is 0 Å². The van der Waals surface area contributed by atoms with E-state index in [-0.39, 0.29) is 0 Å². The number of hydrogen-bond donors (Lipinski definition) is 0. The van der Waals surface area contributed by atoms with Crippen LogP contribution < -0.4 is 21.2 Å². The van der Waals surface area contributed by atoms with Crippen LogP contribution in [0.1, 0.15) is 11.2 Å². The first-order valence-electron chi connectivity index (χ1n) is 13.1. The van der Waals surface area contributed by atoms with E-state index >= 15 is 0 Å². The zero-order valence-corrected chi connectivity index (χ0v) is 23.0. The van der Waals surface area contributed by atoms with E-state index in [0.29, 0.717) is 11.6 Å². The van der Waals surface area contributed by atoms with Gasteiger partial charge in [-0.2, -0.15) is 0 Å². The minimum atomic E-state index is -0.673. The molecule has 0 bridgehead atoms. The van der Waals surface area contributed by atoms with Gasteiger partial charge >= 0.3 is 0 Å². The largest absolute Gasteiger partial charge is 0.0759 e. The number of benzene rings is 5. The Morgan fingerprint density at radius 2 is 0.842 bits per heavy atom.